The molecule has 146 valence electrons. The number of furan rings is 1. The minimum Gasteiger partial charge on any atom is -0.461 e. The fourth-order valence-electron chi connectivity index (χ4n) is 4.27. The summed E-state index contributed by atoms with van der Waals surface area (Å²) in [7, 11) is 4.25. The Kier molecular flexibility index (Phi) is 4.32. The van der Waals surface area contributed by atoms with E-state index in [-0.39, 0.29) is 5.91 Å². The maximum absolute atomic E-state index is 12.9. The number of likely N-dealkylation sites (N-methyl/N-ethyl adjacent to an activating group) is 1. The van der Waals surface area contributed by atoms with E-state index in [0.29, 0.717) is 11.7 Å². The SMILES string of the molecule is CN(C)C1CCc2oc3ccc(NC(=O)c4nccc5ccccc45)cc3c2C1. The van der Waals surface area contributed by atoms with Crippen LogP contribution in [0.5, 0.6) is 0 Å². The third-order valence-electron chi connectivity index (χ3n) is 5.90. The Balaban J connectivity index is 1.48. The van der Waals surface area contributed by atoms with Gasteiger partial charge in [-0.25, -0.2) is 0 Å². The van der Waals surface area contributed by atoms with Gasteiger partial charge in [0.25, 0.3) is 5.91 Å². The summed E-state index contributed by atoms with van der Waals surface area (Å²) in [4.78, 5) is 19.5. The molecule has 0 aliphatic heterocycles. The highest BCUT2D eigenvalue weighted by atomic mass is 16.3. The predicted molar refractivity (Wildman–Crippen MR) is 115 cm³/mol. The summed E-state index contributed by atoms with van der Waals surface area (Å²) in [5.41, 5.74) is 3.35. The van der Waals surface area contributed by atoms with Crippen LogP contribution in [0.2, 0.25) is 0 Å². The number of hydrogen-bond donors (Lipinski definition) is 1. The second-order valence-electron chi connectivity index (χ2n) is 7.91. The van der Waals surface area contributed by atoms with Crippen molar-refractivity contribution < 1.29 is 9.21 Å². The predicted octanol–water partition coefficient (Wildman–Crippen LogP) is 4.65. The highest BCUT2D eigenvalue weighted by molar-refractivity contribution is 6.11. The molecule has 0 saturated carbocycles. The number of amides is 1. The van der Waals surface area contributed by atoms with E-state index in [1.807, 2.05) is 48.5 Å². The van der Waals surface area contributed by atoms with E-state index in [0.717, 1.165) is 52.5 Å². The van der Waals surface area contributed by atoms with E-state index in [2.05, 4.69) is 29.3 Å². The number of rotatable bonds is 3. The standard InChI is InChI=1S/C24H23N3O2/c1-27(2)17-8-10-22-20(14-17)19-13-16(7-9-21(19)29-22)26-24(28)23-18-6-4-3-5-15(18)11-12-25-23/h3-7,9,11-13,17H,8,10,14H2,1-2H3,(H,26,28). The summed E-state index contributed by atoms with van der Waals surface area (Å²) in [6.07, 6.45) is 4.70. The second kappa shape index (κ2) is 7.01. The minimum absolute atomic E-state index is 0.204. The maximum atomic E-state index is 12.9. The second-order valence-corrected chi connectivity index (χ2v) is 7.91. The average Bonchev–Trinajstić information content (AvgIpc) is 3.10. The summed E-state index contributed by atoms with van der Waals surface area (Å²) >= 11 is 0. The van der Waals surface area contributed by atoms with Crippen molar-refractivity contribution in [2.24, 2.45) is 0 Å². The zero-order valence-electron chi connectivity index (χ0n) is 16.6. The number of anilines is 1. The molecule has 2 aromatic heterocycles. The number of fused-ring (bicyclic) bond motifs is 4. The number of nitrogens with one attached hydrogen (secondary N) is 1. The summed E-state index contributed by atoms with van der Waals surface area (Å²) in [6.45, 7) is 0. The summed E-state index contributed by atoms with van der Waals surface area (Å²) in [5, 5.41) is 5.96. The molecule has 5 rings (SSSR count). The molecule has 5 nitrogen and oxygen atoms in total. The van der Waals surface area contributed by atoms with Crippen LogP contribution < -0.4 is 5.32 Å². The van der Waals surface area contributed by atoms with Crippen LogP contribution in [0, 0.1) is 0 Å². The van der Waals surface area contributed by atoms with Gasteiger partial charge in [-0.15, -0.1) is 0 Å². The smallest absolute Gasteiger partial charge is 0.274 e. The monoisotopic (exact) mass is 385 g/mol. The fraction of sp³-hybridized carbons (Fsp3) is 0.250. The van der Waals surface area contributed by atoms with Crippen LogP contribution in [-0.4, -0.2) is 35.9 Å². The van der Waals surface area contributed by atoms with Crippen molar-refractivity contribution in [3.05, 3.63) is 71.7 Å². The molecule has 1 aliphatic rings. The molecule has 29 heavy (non-hydrogen) atoms. The number of pyridine rings is 1. The first-order valence-electron chi connectivity index (χ1n) is 9.96. The lowest BCUT2D eigenvalue weighted by Gasteiger charge is -2.27. The van der Waals surface area contributed by atoms with E-state index < -0.39 is 0 Å². The van der Waals surface area contributed by atoms with Crippen LogP contribution in [-0.2, 0) is 12.8 Å². The van der Waals surface area contributed by atoms with Gasteiger partial charge in [-0.3, -0.25) is 9.78 Å². The van der Waals surface area contributed by atoms with Crippen LogP contribution in [0.3, 0.4) is 0 Å². The minimum atomic E-state index is -0.204. The van der Waals surface area contributed by atoms with Gasteiger partial charge in [0.1, 0.15) is 17.0 Å². The van der Waals surface area contributed by atoms with Crippen LogP contribution in [0.1, 0.15) is 28.2 Å². The van der Waals surface area contributed by atoms with E-state index in [4.69, 9.17) is 4.42 Å². The molecule has 2 heterocycles. The number of aryl methyl sites for hydroxylation is 1. The lowest BCUT2D eigenvalue weighted by Crippen LogP contribution is -2.33. The topological polar surface area (TPSA) is 58.4 Å². The van der Waals surface area contributed by atoms with Crippen molar-refractivity contribution in [1.29, 1.82) is 0 Å². The molecular weight excluding hydrogens is 362 g/mol. The summed E-state index contributed by atoms with van der Waals surface area (Å²) in [6, 6.07) is 16.1. The van der Waals surface area contributed by atoms with Crippen molar-refractivity contribution in [2.45, 2.75) is 25.3 Å². The molecule has 1 N–H and O–H groups in total. The molecule has 1 aliphatic carbocycles. The lowest BCUT2D eigenvalue weighted by atomic mass is 9.91. The van der Waals surface area contributed by atoms with E-state index in [1.165, 1.54) is 5.56 Å². The molecule has 0 spiro atoms. The van der Waals surface area contributed by atoms with Crippen LogP contribution >= 0.6 is 0 Å². The third kappa shape index (κ3) is 3.17. The van der Waals surface area contributed by atoms with Gasteiger partial charge < -0.3 is 14.6 Å². The number of aromatic nitrogens is 1. The Morgan fingerprint density at radius 2 is 2.00 bits per heavy atom. The van der Waals surface area contributed by atoms with Crippen LogP contribution in [0.25, 0.3) is 21.7 Å². The first-order valence-corrected chi connectivity index (χ1v) is 9.96. The molecule has 4 aromatic rings. The Morgan fingerprint density at radius 3 is 2.86 bits per heavy atom. The van der Waals surface area contributed by atoms with Crippen molar-refractivity contribution in [2.75, 3.05) is 19.4 Å². The van der Waals surface area contributed by atoms with Crippen molar-refractivity contribution in [3.8, 4) is 0 Å². The van der Waals surface area contributed by atoms with Crippen LogP contribution in [0.4, 0.5) is 5.69 Å². The number of benzene rings is 2. The van der Waals surface area contributed by atoms with Gasteiger partial charge in [0.05, 0.1) is 0 Å². The fourth-order valence-corrected chi connectivity index (χ4v) is 4.27. The molecule has 1 unspecified atom stereocenters. The largest absolute Gasteiger partial charge is 0.461 e. The molecule has 0 saturated heterocycles. The molecule has 1 atom stereocenters. The number of nitrogens with zero attached hydrogens (tertiary/aromatic N) is 2. The molecule has 0 bridgehead atoms. The zero-order chi connectivity index (χ0) is 20.0. The van der Waals surface area contributed by atoms with Gasteiger partial charge >= 0.3 is 0 Å². The Labute approximate surface area is 169 Å². The Bertz CT molecular complexity index is 1220. The van der Waals surface area contributed by atoms with E-state index >= 15 is 0 Å². The van der Waals surface area contributed by atoms with Gasteiger partial charge in [-0.05, 0) is 56.6 Å². The van der Waals surface area contributed by atoms with Gasteiger partial charge in [0, 0.05) is 40.7 Å². The van der Waals surface area contributed by atoms with Gasteiger partial charge in [-0.1, -0.05) is 24.3 Å². The lowest BCUT2D eigenvalue weighted by molar-refractivity contribution is 0.102. The normalized spacial score (nSPS) is 16.3. The molecule has 0 radical (unpaired) electrons. The van der Waals surface area contributed by atoms with Crippen LogP contribution in [0.15, 0.2) is 59.1 Å². The highest BCUT2D eigenvalue weighted by Gasteiger charge is 2.25. The molecule has 5 heteroatoms. The molecule has 1 amide bonds. The number of carbonyl (C=O) groups excluding carboxylic acids is 1. The average molecular weight is 385 g/mol. The van der Waals surface area contributed by atoms with Gasteiger partial charge in [0.15, 0.2) is 0 Å². The summed E-state index contributed by atoms with van der Waals surface area (Å²) in [5.74, 6) is 0.877. The highest BCUT2D eigenvalue weighted by Crippen LogP contribution is 2.34. The molecule has 2 aromatic carbocycles. The van der Waals surface area contributed by atoms with Crippen molar-refractivity contribution in [1.82, 2.24) is 9.88 Å². The quantitative estimate of drug-likeness (QED) is 0.558. The molecule has 0 fully saturated rings. The maximum Gasteiger partial charge on any atom is 0.274 e. The Hall–Kier alpha value is -3.18. The third-order valence-corrected chi connectivity index (χ3v) is 5.90. The summed E-state index contributed by atoms with van der Waals surface area (Å²) < 4.78 is 6.08. The van der Waals surface area contributed by atoms with Crippen molar-refractivity contribution >= 4 is 33.3 Å². The van der Waals surface area contributed by atoms with Crippen molar-refractivity contribution in [3.63, 3.8) is 0 Å². The van der Waals surface area contributed by atoms with Gasteiger partial charge in [-0.2, -0.15) is 0 Å². The first-order chi connectivity index (χ1) is 14.1. The first kappa shape index (κ1) is 17.9. The van der Waals surface area contributed by atoms with E-state index in [9.17, 15) is 4.79 Å². The van der Waals surface area contributed by atoms with Gasteiger partial charge in [0.2, 0.25) is 0 Å². The number of carbonyl (C=O) groups is 1. The Morgan fingerprint density at radius 1 is 1.14 bits per heavy atom. The number of hydrogen-bond acceptors (Lipinski definition) is 4. The zero-order valence-corrected chi connectivity index (χ0v) is 16.6. The molecular formula is C24H23N3O2. The van der Waals surface area contributed by atoms with E-state index in [1.54, 1.807) is 6.20 Å².